The molecule has 0 spiro atoms. The van der Waals surface area contributed by atoms with Crippen LogP contribution in [-0.2, 0) is 0 Å². The van der Waals surface area contributed by atoms with Crippen LogP contribution in [0.5, 0.6) is 0 Å². The van der Waals surface area contributed by atoms with E-state index >= 15 is 0 Å². The van der Waals surface area contributed by atoms with Crippen molar-refractivity contribution in [2.45, 2.75) is 77.0 Å². The molecule has 21 heavy (non-hydrogen) atoms. The van der Waals surface area contributed by atoms with E-state index in [0.29, 0.717) is 19.3 Å². The number of nitrogens with zero attached hydrogens (tertiary/aromatic N) is 4. The second-order valence-corrected chi connectivity index (χ2v) is 5.49. The molecule has 0 aromatic rings. The van der Waals surface area contributed by atoms with Crippen molar-refractivity contribution in [1.29, 1.82) is 21.0 Å². The third kappa shape index (κ3) is 9.49. The Morgan fingerprint density at radius 3 is 1.10 bits per heavy atom. The van der Waals surface area contributed by atoms with Gasteiger partial charge in [0.15, 0.2) is 0 Å². The lowest BCUT2D eigenvalue weighted by atomic mass is 9.75. The molecule has 0 radical (unpaired) electrons. The molecular formula is C17H24N4. The van der Waals surface area contributed by atoms with Crippen LogP contribution < -0.4 is 0 Å². The van der Waals surface area contributed by atoms with E-state index in [4.69, 9.17) is 15.8 Å². The first-order valence-corrected chi connectivity index (χ1v) is 7.77. The molecule has 0 rings (SSSR count). The highest BCUT2D eigenvalue weighted by atomic mass is 14.4. The van der Waals surface area contributed by atoms with Gasteiger partial charge in [0.2, 0.25) is 0 Å². The smallest absolute Gasteiger partial charge is 0.0689 e. The average molecular weight is 284 g/mol. The first kappa shape index (κ1) is 19.0. The van der Waals surface area contributed by atoms with Gasteiger partial charge in [-0.2, -0.15) is 21.0 Å². The molecule has 4 nitrogen and oxygen atoms in total. The van der Waals surface area contributed by atoms with E-state index < -0.39 is 0 Å². The average Bonchev–Trinajstić information content (AvgIpc) is 2.51. The van der Waals surface area contributed by atoms with E-state index in [0.717, 1.165) is 57.8 Å². The summed E-state index contributed by atoms with van der Waals surface area (Å²) in [5, 5.41) is 35.3. The Hall–Kier alpha value is -2.04. The summed E-state index contributed by atoms with van der Waals surface area (Å²) in [4.78, 5) is 0. The van der Waals surface area contributed by atoms with Crippen molar-refractivity contribution < 1.29 is 0 Å². The lowest BCUT2D eigenvalue weighted by Gasteiger charge is -2.26. The van der Waals surface area contributed by atoms with Gasteiger partial charge in [0.25, 0.3) is 0 Å². The molecule has 0 saturated carbocycles. The highest BCUT2D eigenvalue weighted by Crippen LogP contribution is 2.36. The van der Waals surface area contributed by atoms with Crippen LogP contribution in [0, 0.1) is 50.7 Å². The SMILES string of the molecule is N#CCCCCC(C#N)(CCCCC#N)CCCCC#N. The summed E-state index contributed by atoms with van der Waals surface area (Å²) in [6.45, 7) is 0. The van der Waals surface area contributed by atoms with Gasteiger partial charge in [-0.05, 0) is 38.5 Å². The van der Waals surface area contributed by atoms with Gasteiger partial charge in [-0.25, -0.2) is 0 Å². The van der Waals surface area contributed by atoms with Gasteiger partial charge >= 0.3 is 0 Å². The molecule has 0 aliphatic rings. The predicted molar refractivity (Wildman–Crippen MR) is 80.3 cm³/mol. The summed E-state index contributed by atoms with van der Waals surface area (Å²) in [7, 11) is 0. The van der Waals surface area contributed by atoms with Crippen LogP contribution in [0.3, 0.4) is 0 Å². The minimum absolute atomic E-state index is 0.333. The number of rotatable bonds is 12. The third-order valence-corrected chi connectivity index (χ3v) is 3.82. The first-order valence-electron chi connectivity index (χ1n) is 7.77. The Bertz CT molecular complexity index is 373. The lowest BCUT2D eigenvalue weighted by Crippen LogP contribution is -2.19. The fourth-order valence-electron chi connectivity index (χ4n) is 2.55. The zero-order valence-electron chi connectivity index (χ0n) is 12.8. The van der Waals surface area contributed by atoms with Crippen molar-refractivity contribution in [1.82, 2.24) is 0 Å². The monoisotopic (exact) mass is 284 g/mol. The van der Waals surface area contributed by atoms with E-state index in [9.17, 15) is 5.26 Å². The largest absolute Gasteiger partial charge is 0.198 e. The van der Waals surface area contributed by atoms with Crippen LogP contribution in [0.15, 0.2) is 0 Å². The van der Waals surface area contributed by atoms with Crippen LogP contribution in [-0.4, -0.2) is 0 Å². The molecule has 112 valence electrons. The first-order chi connectivity index (χ1) is 10.2. The van der Waals surface area contributed by atoms with Gasteiger partial charge in [-0.3, -0.25) is 0 Å². The van der Waals surface area contributed by atoms with Gasteiger partial charge in [0, 0.05) is 19.3 Å². The van der Waals surface area contributed by atoms with E-state index in [1.807, 2.05) is 0 Å². The van der Waals surface area contributed by atoms with E-state index in [1.165, 1.54) is 0 Å². The Morgan fingerprint density at radius 2 is 0.857 bits per heavy atom. The van der Waals surface area contributed by atoms with Crippen LogP contribution in [0.4, 0.5) is 0 Å². The molecular weight excluding hydrogens is 260 g/mol. The number of unbranched alkanes of at least 4 members (excludes halogenated alkanes) is 6. The van der Waals surface area contributed by atoms with Gasteiger partial charge < -0.3 is 0 Å². The normalized spacial score (nSPS) is 10.1. The lowest BCUT2D eigenvalue weighted by molar-refractivity contribution is 0.280. The van der Waals surface area contributed by atoms with Crippen molar-refractivity contribution >= 4 is 0 Å². The van der Waals surface area contributed by atoms with Gasteiger partial charge in [0.05, 0.1) is 29.7 Å². The second-order valence-electron chi connectivity index (χ2n) is 5.49. The molecule has 0 heterocycles. The van der Waals surface area contributed by atoms with Crippen molar-refractivity contribution in [2.24, 2.45) is 5.41 Å². The molecule has 4 heteroatoms. The second kappa shape index (κ2) is 13.0. The zero-order chi connectivity index (χ0) is 15.8. The highest BCUT2D eigenvalue weighted by molar-refractivity contribution is 4.99. The van der Waals surface area contributed by atoms with Gasteiger partial charge in [-0.15, -0.1) is 0 Å². The maximum Gasteiger partial charge on any atom is 0.0689 e. The summed E-state index contributed by atoms with van der Waals surface area (Å²) in [5.41, 5.74) is -0.333. The van der Waals surface area contributed by atoms with E-state index in [1.54, 1.807) is 0 Å². The Labute approximate surface area is 128 Å². The van der Waals surface area contributed by atoms with Crippen LogP contribution in [0.1, 0.15) is 77.0 Å². The molecule has 0 aromatic heterocycles. The van der Waals surface area contributed by atoms with Crippen LogP contribution >= 0.6 is 0 Å². The summed E-state index contributed by atoms with van der Waals surface area (Å²) in [5.74, 6) is 0. The Morgan fingerprint density at radius 1 is 0.524 bits per heavy atom. The number of hydrogen-bond donors (Lipinski definition) is 0. The molecule has 0 atom stereocenters. The van der Waals surface area contributed by atoms with E-state index in [2.05, 4.69) is 24.3 Å². The molecule has 0 aliphatic carbocycles. The maximum atomic E-state index is 9.60. The van der Waals surface area contributed by atoms with Crippen LogP contribution in [0.2, 0.25) is 0 Å². The third-order valence-electron chi connectivity index (χ3n) is 3.82. The molecule has 0 saturated heterocycles. The summed E-state index contributed by atoms with van der Waals surface area (Å²) < 4.78 is 0. The fourth-order valence-corrected chi connectivity index (χ4v) is 2.55. The van der Waals surface area contributed by atoms with Crippen molar-refractivity contribution in [2.75, 3.05) is 0 Å². The Kier molecular flexibility index (Phi) is 11.7. The summed E-state index contributed by atoms with van der Waals surface area (Å²) in [6.07, 6.45) is 9.34. The summed E-state index contributed by atoms with van der Waals surface area (Å²) in [6, 6.07) is 8.91. The highest BCUT2D eigenvalue weighted by Gasteiger charge is 2.28. The van der Waals surface area contributed by atoms with Crippen molar-refractivity contribution in [3.8, 4) is 24.3 Å². The molecule has 0 unspecified atom stereocenters. The van der Waals surface area contributed by atoms with Crippen LogP contribution in [0.25, 0.3) is 0 Å². The molecule has 0 aliphatic heterocycles. The van der Waals surface area contributed by atoms with Gasteiger partial charge in [-0.1, -0.05) is 19.3 Å². The molecule has 0 bridgehead atoms. The minimum atomic E-state index is -0.333. The maximum absolute atomic E-state index is 9.60. The predicted octanol–water partition coefficient (Wildman–Crippen LogP) is 4.75. The quantitative estimate of drug-likeness (QED) is 0.483. The standard InChI is InChI=1S/C17H24N4/c18-13-7-1-4-10-17(16-21,11-5-2-8-14-19)12-6-3-9-15-20/h1-12H2. The van der Waals surface area contributed by atoms with Crippen molar-refractivity contribution in [3.05, 3.63) is 0 Å². The van der Waals surface area contributed by atoms with E-state index in [-0.39, 0.29) is 5.41 Å². The molecule has 0 aromatic carbocycles. The fraction of sp³-hybridized carbons (Fsp3) is 0.765. The molecule has 0 amide bonds. The summed E-state index contributed by atoms with van der Waals surface area (Å²) >= 11 is 0. The topological polar surface area (TPSA) is 95.2 Å². The van der Waals surface area contributed by atoms with Gasteiger partial charge in [0.1, 0.15) is 0 Å². The zero-order valence-corrected chi connectivity index (χ0v) is 12.8. The minimum Gasteiger partial charge on any atom is -0.198 e. The van der Waals surface area contributed by atoms with Crippen molar-refractivity contribution in [3.63, 3.8) is 0 Å². The Balaban J connectivity index is 4.39. The molecule has 0 fully saturated rings. The molecule has 0 N–H and O–H groups in total. The number of nitriles is 4. The number of hydrogen-bond acceptors (Lipinski definition) is 4.